The third kappa shape index (κ3) is 3.47. The van der Waals surface area contributed by atoms with Gasteiger partial charge in [-0.1, -0.05) is 32.1 Å². The Morgan fingerprint density at radius 3 is 2.36 bits per heavy atom. The largest absolute Gasteiger partial charge is 0.345 e. The fraction of sp³-hybridized carbons (Fsp3) is 0.889. The van der Waals surface area contributed by atoms with E-state index >= 15 is 0 Å². The fourth-order valence-electron chi connectivity index (χ4n) is 4.28. The molecule has 0 aromatic carbocycles. The fourth-order valence-corrected chi connectivity index (χ4v) is 4.28. The molecule has 4 heteroatoms. The minimum absolute atomic E-state index is 0.0965. The zero-order valence-corrected chi connectivity index (χ0v) is 13.9. The van der Waals surface area contributed by atoms with Gasteiger partial charge in [-0.15, -0.1) is 0 Å². The van der Waals surface area contributed by atoms with Gasteiger partial charge in [0.25, 0.3) is 0 Å². The van der Waals surface area contributed by atoms with Gasteiger partial charge < -0.3 is 9.80 Å². The number of carbonyl (C=O) groups excluding carboxylic acids is 2. The molecule has 1 heterocycles. The van der Waals surface area contributed by atoms with Crippen molar-refractivity contribution in [2.75, 3.05) is 20.1 Å². The molecular weight excluding hydrogens is 276 g/mol. The molecule has 3 rings (SSSR count). The minimum Gasteiger partial charge on any atom is -0.345 e. The molecule has 3 fully saturated rings. The Morgan fingerprint density at radius 1 is 1.09 bits per heavy atom. The van der Waals surface area contributed by atoms with Gasteiger partial charge in [0.2, 0.25) is 11.8 Å². The summed E-state index contributed by atoms with van der Waals surface area (Å²) in [4.78, 5) is 28.9. The lowest BCUT2D eigenvalue weighted by atomic mass is 9.85. The molecule has 1 atom stereocenters. The van der Waals surface area contributed by atoms with Gasteiger partial charge in [0.15, 0.2) is 0 Å². The van der Waals surface area contributed by atoms with E-state index in [1.165, 1.54) is 44.9 Å². The Bertz CT molecular complexity index is 411. The maximum absolute atomic E-state index is 12.6. The van der Waals surface area contributed by atoms with Crippen molar-refractivity contribution in [3.05, 3.63) is 0 Å². The molecule has 1 saturated heterocycles. The summed E-state index contributed by atoms with van der Waals surface area (Å²) in [5.41, 5.74) is 0. The first kappa shape index (κ1) is 15.8. The second-order valence-corrected chi connectivity index (χ2v) is 7.61. The van der Waals surface area contributed by atoms with Crippen molar-refractivity contribution in [2.24, 2.45) is 11.8 Å². The molecule has 0 aromatic heterocycles. The van der Waals surface area contributed by atoms with Crippen LogP contribution in [0.3, 0.4) is 0 Å². The molecule has 0 radical (unpaired) electrons. The molecule has 0 aromatic rings. The van der Waals surface area contributed by atoms with Crippen LogP contribution in [0, 0.1) is 11.8 Å². The first-order valence-corrected chi connectivity index (χ1v) is 9.19. The third-order valence-electron chi connectivity index (χ3n) is 5.91. The lowest BCUT2D eigenvalue weighted by molar-refractivity contribution is -0.135. The average Bonchev–Trinajstić information content (AvgIpc) is 2.69. The number of hydrogen-bond donors (Lipinski definition) is 0. The number of likely N-dealkylation sites (tertiary alicyclic amines) is 1. The Balaban J connectivity index is 1.54. The van der Waals surface area contributed by atoms with Gasteiger partial charge in [-0.2, -0.15) is 0 Å². The van der Waals surface area contributed by atoms with E-state index in [9.17, 15) is 9.59 Å². The molecular formula is C18H30N2O2. The molecule has 1 aliphatic heterocycles. The van der Waals surface area contributed by atoms with Crippen LogP contribution in [0.4, 0.5) is 0 Å². The van der Waals surface area contributed by atoms with Crippen LogP contribution in [0.2, 0.25) is 0 Å². The highest BCUT2D eigenvalue weighted by atomic mass is 16.2. The topological polar surface area (TPSA) is 40.6 Å². The first-order valence-electron chi connectivity index (χ1n) is 9.19. The van der Waals surface area contributed by atoms with E-state index in [1.54, 1.807) is 0 Å². The van der Waals surface area contributed by atoms with Crippen LogP contribution in [-0.4, -0.2) is 47.8 Å². The lowest BCUT2D eigenvalue weighted by Crippen LogP contribution is -2.40. The van der Waals surface area contributed by atoms with Crippen molar-refractivity contribution in [1.29, 1.82) is 0 Å². The van der Waals surface area contributed by atoms with Crippen molar-refractivity contribution in [3.8, 4) is 0 Å². The van der Waals surface area contributed by atoms with Gasteiger partial charge in [-0.25, -0.2) is 0 Å². The van der Waals surface area contributed by atoms with Gasteiger partial charge >= 0.3 is 0 Å². The molecule has 4 nitrogen and oxygen atoms in total. The van der Waals surface area contributed by atoms with E-state index in [1.807, 2.05) is 16.8 Å². The summed E-state index contributed by atoms with van der Waals surface area (Å²) in [7, 11) is 1.92. The predicted molar refractivity (Wildman–Crippen MR) is 86.3 cm³/mol. The number of rotatable bonds is 4. The predicted octanol–water partition coefficient (Wildman–Crippen LogP) is 2.82. The van der Waals surface area contributed by atoms with Crippen molar-refractivity contribution in [2.45, 2.75) is 70.3 Å². The monoisotopic (exact) mass is 306 g/mol. The SMILES string of the molecule is CN(CC1CCC1)C(=O)[C@@H]1CC(=O)N(C2CCCCCC2)C1. The van der Waals surface area contributed by atoms with E-state index in [2.05, 4.69) is 0 Å². The van der Waals surface area contributed by atoms with Crippen molar-refractivity contribution < 1.29 is 9.59 Å². The van der Waals surface area contributed by atoms with E-state index in [0.717, 1.165) is 19.4 Å². The Labute approximate surface area is 134 Å². The molecule has 0 bridgehead atoms. The molecule has 0 N–H and O–H groups in total. The Hall–Kier alpha value is -1.06. The van der Waals surface area contributed by atoms with Crippen LogP contribution in [0.5, 0.6) is 0 Å². The number of amides is 2. The zero-order valence-electron chi connectivity index (χ0n) is 13.9. The molecule has 2 aliphatic carbocycles. The van der Waals surface area contributed by atoms with Crippen LogP contribution in [0.25, 0.3) is 0 Å². The Morgan fingerprint density at radius 2 is 1.77 bits per heavy atom. The van der Waals surface area contributed by atoms with E-state index in [-0.39, 0.29) is 17.7 Å². The van der Waals surface area contributed by atoms with Gasteiger partial charge in [-0.3, -0.25) is 9.59 Å². The summed E-state index contributed by atoms with van der Waals surface area (Å²) in [5, 5.41) is 0. The maximum atomic E-state index is 12.6. The highest BCUT2D eigenvalue weighted by Gasteiger charge is 2.39. The maximum Gasteiger partial charge on any atom is 0.227 e. The Kier molecular flexibility index (Phi) is 5.04. The summed E-state index contributed by atoms with van der Waals surface area (Å²) < 4.78 is 0. The molecule has 2 saturated carbocycles. The van der Waals surface area contributed by atoms with Gasteiger partial charge in [-0.05, 0) is 31.6 Å². The standard InChI is InChI=1S/C18H30N2O2/c1-19(12-14-7-6-8-14)18(22)15-11-17(21)20(13-15)16-9-4-2-3-5-10-16/h14-16H,2-13H2,1H3/t15-/m1/s1. The van der Waals surface area contributed by atoms with E-state index < -0.39 is 0 Å². The second kappa shape index (κ2) is 7.01. The van der Waals surface area contributed by atoms with Crippen LogP contribution in [0.15, 0.2) is 0 Å². The highest BCUT2D eigenvalue weighted by molar-refractivity contribution is 5.89. The van der Waals surface area contributed by atoms with E-state index in [0.29, 0.717) is 24.9 Å². The summed E-state index contributed by atoms with van der Waals surface area (Å²) in [6.45, 7) is 1.55. The quantitative estimate of drug-likeness (QED) is 0.749. The van der Waals surface area contributed by atoms with Crippen molar-refractivity contribution in [1.82, 2.24) is 9.80 Å². The normalized spacial score (nSPS) is 27.6. The smallest absolute Gasteiger partial charge is 0.227 e. The van der Waals surface area contributed by atoms with Crippen molar-refractivity contribution >= 4 is 11.8 Å². The van der Waals surface area contributed by atoms with Crippen LogP contribution >= 0.6 is 0 Å². The summed E-state index contributed by atoms with van der Waals surface area (Å²) in [6, 6.07) is 0.393. The second-order valence-electron chi connectivity index (χ2n) is 7.61. The molecule has 22 heavy (non-hydrogen) atoms. The molecule has 3 aliphatic rings. The van der Waals surface area contributed by atoms with Gasteiger partial charge in [0.05, 0.1) is 5.92 Å². The highest BCUT2D eigenvalue weighted by Crippen LogP contribution is 2.30. The average molecular weight is 306 g/mol. The summed E-state index contributed by atoms with van der Waals surface area (Å²) >= 11 is 0. The number of carbonyl (C=O) groups is 2. The van der Waals surface area contributed by atoms with Gasteiger partial charge in [0.1, 0.15) is 0 Å². The number of nitrogens with zero attached hydrogens (tertiary/aromatic N) is 2. The van der Waals surface area contributed by atoms with E-state index in [4.69, 9.17) is 0 Å². The molecule has 0 spiro atoms. The first-order chi connectivity index (χ1) is 10.6. The van der Waals surface area contributed by atoms with Crippen LogP contribution in [-0.2, 0) is 9.59 Å². The van der Waals surface area contributed by atoms with Crippen molar-refractivity contribution in [3.63, 3.8) is 0 Å². The molecule has 124 valence electrons. The number of hydrogen-bond acceptors (Lipinski definition) is 2. The van der Waals surface area contributed by atoms with Crippen LogP contribution < -0.4 is 0 Å². The van der Waals surface area contributed by atoms with Crippen LogP contribution in [0.1, 0.15) is 64.2 Å². The van der Waals surface area contributed by atoms with Gasteiger partial charge in [0, 0.05) is 32.6 Å². The zero-order chi connectivity index (χ0) is 15.5. The lowest BCUT2D eigenvalue weighted by Gasteiger charge is -2.31. The molecule has 2 amide bonds. The summed E-state index contributed by atoms with van der Waals surface area (Å²) in [6.07, 6.45) is 11.6. The third-order valence-corrected chi connectivity index (χ3v) is 5.91. The summed E-state index contributed by atoms with van der Waals surface area (Å²) in [5.74, 6) is 1.00. The molecule has 0 unspecified atom stereocenters. The minimum atomic E-state index is -0.0965.